The summed E-state index contributed by atoms with van der Waals surface area (Å²) in [6, 6.07) is 44.6. The average Bonchev–Trinajstić information content (AvgIpc) is 1.68. The number of nitrogens with one attached hydrogen (secondary N) is 5. The smallest absolute Gasteiger partial charge is 0.270 e. The molecule has 11 heterocycles. The Labute approximate surface area is 660 Å². The number of hydrogen-bond acceptors (Lipinski definition) is 18. The maximum atomic E-state index is 12.7. The first kappa shape index (κ1) is 80.5. The molecule has 0 bridgehead atoms. The van der Waals surface area contributed by atoms with Gasteiger partial charge in [0.15, 0.2) is 0 Å². The molecule has 5 N–H and O–H groups in total. The molecular weight excluding hydrogens is 1540 g/mol. The normalized spacial score (nSPS) is 15.5. The van der Waals surface area contributed by atoms with Crippen molar-refractivity contribution in [3.8, 4) is 0 Å². The van der Waals surface area contributed by atoms with E-state index in [0.717, 1.165) is 126 Å². The highest BCUT2D eigenvalue weighted by molar-refractivity contribution is 7.90. The number of pyridine rings is 4. The van der Waals surface area contributed by atoms with Crippen molar-refractivity contribution in [3.05, 3.63) is 251 Å². The van der Waals surface area contributed by atoms with Gasteiger partial charge in [-0.15, -0.1) is 11.3 Å². The van der Waals surface area contributed by atoms with E-state index in [2.05, 4.69) is 51.2 Å². The molecule has 0 radical (unpaired) electrons. The van der Waals surface area contributed by atoms with Gasteiger partial charge in [0.25, 0.3) is 23.6 Å². The van der Waals surface area contributed by atoms with Crippen molar-refractivity contribution in [2.45, 2.75) is 123 Å². The van der Waals surface area contributed by atoms with Crippen LogP contribution in [0.4, 0.5) is 0 Å². The van der Waals surface area contributed by atoms with Gasteiger partial charge in [0.05, 0.1) is 52.0 Å². The number of thiophene rings is 1. The summed E-state index contributed by atoms with van der Waals surface area (Å²) in [7, 11) is -13.7. The molecule has 7 aromatic heterocycles. The predicted octanol–water partition coefficient (Wildman–Crippen LogP) is 11.2. The van der Waals surface area contributed by atoms with Gasteiger partial charge in [-0.25, -0.2) is 48.6 Å². The lowest BCUT2D eigenvalue weighted by Gasteiger charge is -2.25. The summed E-state index contributed by atoms with van der Waals surface area (Å²) in [6.07, 6.45) is 25.3. The Morgan fingerprint density at radius 1 is 0.381 bits per heavy atom. The van der Waals surface area contributed by atoms with Crippen LogP contribution in [0.3, 0.4) is 0 Å². The number of sulfonamides is 4. The number of imidazole rings is 2. The third-order valence-electron chi connectivity index (χ3n) is 19.9. The number of fused-ring (bicyclic) bond motifs is 4. The minimum absolute atomic E-state index is 0.147. The van der Waals surface area contributed by atoms with E-state index in [1.807, 2.05) is 28.8 Å². The number of carbonyl (C=O) groups excluding carboxylic acids is 4. The highest BCUT2D eigenvalue weighted by atomic mass is 32.2. The van der Waals surface area contributed by atoms with E-state index in [0.29, 0.717) is 131 Å². The summed E-state index contributed by atoms with van der Waals surface area (Å²) in [6.45, 7) is 5.95. The number of rotatable bonds is 20. The molecule has 0 spiro atoms. The third kappa shape index (κ3) is 20.3. The maximum absolute atomic E-state index is 12.7. The second-order valence-electron chi connectivity index (χ2n) is 27.7. The molecule has 4 amide bonds. The van der Waals surface area contributed by atoms with Crippen LogP contribution in [0, 0.1) is 0 Å². The summed E-state index contributed by atoms with van der Waals surface area (Å²) in [4.78, 5) is 75.1. The number of benzene rings is 5. The van der Waals surface area contributed by atoms with E-state index >= 15 is 0 Å². The van der Waals surface area contributed by atoms with Crippen molar-refractivity contribution < 1.29 is 52.8 Å². The van der Waals surface area contributed by atoms with Crippen LogP contribution in [0.25, 0.3) is 37.7 Å². The minimum atomic E-state index is -3.44. The first-order valence-electron chi connectivity index (χ1n) is 37.6. The average molecular weight is 1620 g/mol. The molecule has 4 aliphatic rings. The molecule has 4 fully saturated rings. The summed E-state index contributed by atoms with van der Waals surface area (Å²) in [5, 5.41) is 13.3. The number of piperidine rings is 4. The summed E-state index contributed by atoms with van der Waals surface area (Å²) < 4.78 is 111. The molecule has 4 saturated heterocycles. The molecule has 4 aliphatic heterocycles. The standard InChI is InChI=1S/C21H22N4O3S.2C20H22N4O3S.C20H21N3O3S2/c26-21(20-9-6-17-15-22-11-10-19(17)24-20)23-14-16-4-7-18(8-5-16)29(27,28)25-12-2-1-3-13-25;25-20(16-6-9-18-19(12-16)23-14-22-18)21-13-15-4-7-17(8-5-15)28(26,27)24-10-2-1-3-11-24;25-20(17-8-12-23-13-9-21-19(23)14-17)22-15-16-4-6-18(7-5-16)28(26,27)24-10-2-1-3-11-24;24-20(18-12-16-8-9-21-14-19(16)27-18)22-13-15-4-6-17(7-5-15)28(25,26)23-10-2-1-3-11-23/h4-11,15H,1-3,12-14H2,(H,23,26);4-9,12,14H,1-3,10-11,13H2,(H,21,25)(H,22,23);4-9,12-14H,1-3,10-11,15H2,(H,22,25);4-9,12,14H,1-3,10-11,13H2,(H,22,24). The Kier molecular flexibility index (Phi) is 26.3. The van der Waals surface area contributed by atoms with Crippen LogP contribution in [0.1, 0.15) is 140 Å². The summed E-state index contributed by atoms with van der Waals surface area (Å²) in [5.41, 5.74) is 7.79. The topological polar surface area (TPSA) is 351 Å². The first-order valence-corrected chi connectivity index (χ1v) is 44.1. The Morgan fingerprint density at radius 2 is 0.805 bits per heavy atom. The molecular formula is C81H87N15O12S5. The Bertz CT molecular complexity index is 5450. The van der Waals surface area contributed by atoms with Crippen molar-refractivity contribution in [2.75, 3.05) is 52.4 Å². The predicted molar refractivity (Wildman–Crippen MR) is 431 cm³/mol. The van der Waals surface area contributed by atoms with Crippen molar-refractivity contribution in [1.29, 1.82) is 0 Å². The lowest BCUT2D eigenvalue weighted by molar-refractivity contribution is 0.0939. The fraction of sp³-hybridized carbons (Fsp3) is 0.296. The van der Waals surface area contributed by atoms with E-state index in [-0.39, 0.29) is 23.6 Å². The quantitative estimate of drug-likeness (QED) is 0.0473. The molecule has 588 valence electrons. The van der Waals surface area contributed by atoms with E-state index in [4.69, 9.17) is 0 Å². The Hall–Kier alpha value is -10.6. The fourth-order valence-electron chi connectivity index (χ4n) is 13.5. The lowest BCUT2D eigenvalue weighted by Crippen LogP contribution is -2.35. The van der Waals surface area contributed by atoms with Crippen LogP contribution in [0.5, 0.6) is 0 Å². The number of amides is 4. The number of carbonyl (C=O) groups is 4. The Morgan fingerprint density at radius 3 is 1.27 bits per heavy atom. The molecule has 0 atom stereocenters. The van der Waals surface area contributed by atoms with Crippen molar-refractivity contribution in [3.63, 3.8) is 0 Å². The van der Waals surface area contributed by atoms with E-state index in [9.17, 15) is 52.8 Å². The third-order valence-corrected chi connectivity index (χ3v) is 28.7. The maximum Gasteiger partial charge on any atom is 0.270 e. The summed E-state index contributed by atoms with van der Waals surface area (Å²) >= 11 is 1.40. The molecule has 113 heavy (non-hydrogen) atoms. The minimum Gasteiger partial charge on any atom is -0.348 e. The molecule has 32 heteroatoms. The van der Waals surface area contributed by atoms with Crippen molar-refractivity contribution in [1.82, 2.24) is 72.8 Å². The second-order valence-corrected chi connectivity index (χ2v) is 36.5. The monoisotopic (exact) mass is 1620 g/mol. The second kappa shape index (κ2) is 36.9. The van der Waals surface area contributed by atoms with Crippen molar-refractivity contribution in [2.24, 2.45) is 0 Å². The first-order chi connectivity index (χ1) is 54.6. The number of aromatic amines is 1. The molecule has 16 rings (SSSR count). The van der Waals surface area contributed by atoms with Gasteiger partial charge >= 0.3 is 0 Å². The molecule has 27 nitrogen and oxygen atoms in total. The van der Waals surface area contributed by atoms with Gasteiger partial charge in [0.2, 0.25) is 40.1 Å². The molecule has 0 saturated carbocycles. The molecule has 0 unspecified atom stereocenters. The number of hydrogen-bond donors (Lipinski definition) is 5. The molecule has 12 aromatic rings. The number of aromatic nitrogens is 7. The van der Waals surface area contributed by atoms with E-state index in [1.165, 1.54) is 11.3 Å². The van der Waals surface area contributed by atoms with Gasteiger partial charge in [-0.05, 0) is 188 Å². The lowest BCUT2D eigenvalue weighted by atomic mass is 10.1. The highest BCUT2D eigenvalue weighted by Crippen LogP contribution is 2.28. The van der Waals surface area contributed by atoms with Gasteiger partial charge in [0.1, 0.15) is 11.3 Å². The SMILES string of the molecule is O=C(NCc1ccc(S(=O)(=O)N2CCCCC2)cc1)c1cc2ccncc2s1.O=C(NCc1ccc(S(=O)(=O)N2CCCCC2)cc1)c1ccc2cnccc2n1.O=C(NCc1ccc(S(=O)(=O)N2CCCCC2)cc1)c1ccc2nc[nH]c2c1.O=C(NCc1ccc(S(=O)(=O)N2CCCCC2)cc1)c1ccn2ccnc2c1. The highest BCUT2D eigenvalue weighted by Gasteiger charge is 2.30. The zero-order chi connectivity index (χ0) is 79.0. The summed E-state index contributed by atoms with van der Waals surface area (Å²) in [5.74, 6) is -0.822. The molecule has 5 aromatic carbocycles. The van der Waals surface area contributed by atoms with Gasteiger partial charge < -0.3 is 30.7 Å². The van der Waals surface area contributed by atoms with Gasteiger partial charge in [-0.1, -0.05) is 74.2 Å². The van der Waals surface area contributed by atoms with E-state index < -0.39 is 40.1 Å². The fourth-order valence-corrected chi connectivity index (χ4v) is 20.5. The Balaban J connectivity index is 0.000000132. The van der Waals surface area contributed by atoms with Crippen LogP contribution in [0.15, 0.2) is 227 Å². The molecule has 0 aliphatic carbocycles. The van der Waals surface area contributed by atoms with E-state index in [1.54, 1.807) is 200 Å². The van der Waals surface area contributed by atoms with Crippen LogP contribution in [-0.2, 0) is 66.3 Å². The zero-order valence-electron chi connectivity index (χ0n) is 62.0. The van der Waals surface area contributed by atoms with Gasteiger partial charge in [-0.3, -0.25) is 29.1 Å². The van der Waals surface area contributed by atoms with Gasteiger partial charge in [-0.2, -0.15) is 17.2 Å². The zero-order valence-corrected chi connectivity index (χ0v) is 66.1. The largest absolute Gasteiger partial charge is 0.348 e. The number of H-pyrrole nitrogens is 1. The van der Waals surface area contributed by atoms with Gasteiger partial charge in [0, 0.05) is 138 Å². The van der Waals surface area contributed by atoms with Crippen LogP contribution < -0.4 is 21.3 Å². The number of nitrogens with zero attached hydrogens (tertiary/aromatic N) is 10. The van der Waals surface area contributed by atoms with Crippen LogP contribution in [0.2, 0.25) is 0 Å². The van der Waals surface area contributed by atoms with Crippen molar-refractivity contribution >= 4 is 113 Å². The van der Waals surface area contributed by atoms with Crippen LogP contribution >= 0.6 is 11.3 Å². The van der Waals surface area contributed by atoms with Crippen LogP contribution in [-0.4, -0.2) is 161 Å².